The van der Waals surface area contributed by atoms with Crippen LogP contribution < -0.4 is 15.4 Å². The highest BCUT2D eigenvalue weighted by Gasteiger charge is 2.41. The lowest BCUT2D eigenvalue weighted by atomic mass is 9.98. The summed E-state index contributed by atoms with van der Waals surface area (Å²) >= 11 is 0. The zero-order chi connectivity index (χ0) is 19.9. The minimum absolute atomic E-state index is 0.127. The van der Waals surface area contributed by atoms with Gasteiger partial charge in [-0.1, -0.05) is 0 Å². The quantitative estimate of drug-likeness (QED) is 0.465. The highest BCUT2D eigenvalue weighted by atomic mass is 16.5. The molecule has 2 heterocycles. The maximum atomic E-state index is 12.9. The molecule has 4 N–H and O–H groups in total. The molecule has 2 atom stereocenters. The number of nitrogens with one attached hydrogen (secondary N) is 3. The van der Waals surface area contributed by atoms with E-state index in [4.69, 9.17) is 10.1 Å². The van der Waals surface area contributed by atoms with E-state index in [9.17, 15) is 9.90 Å². The number of aliphatic imine (C=N–C) groups is 1. The summed E-state index contributed by atoms with van der Waals surface area (Å²) in [6.45, 7) is 4.20. The van der Waals surface area contributed by atoms with Crippen molar-refractivity contribution in [3.05, 3.63) is 46.9 Å². The number of carbonyl (C=O) groups is 1. The summed E-state index contributed by atoms with van der Waals surface area (Å²) in [5, 5.41) is 23.0. The van der Waals surface area contributed by atoms with Gasteiger partial charge in [0.1, 0.15) is 17.2 Å². The Morgan fingerprint density at radius 3 is 2.96 bits per heavy atom. The first-order valence-corrected chi connectivity index (χ1v) is 9.40. The van der Waals surface area contributed by atoms with Gasteiger partial charge in [-0.2, -0.15) is 0 Å². The van der Waals surface area contributed by atoms with Gasteiger partial charge in [0.05, 0.1) is 5.57 Å². The summed E-state index contributed by atoms with van der Waals surface area (Å²) in [7, 11) is 0. The lowest BCUT2D eigenvalue weighted by Crippen LogP contribution is -2.24. The third kappa shape index (κ3) is 3.45. The van der Waals surface area contributed by atoms with Crippen LogP contribution in [0.2, 0.25) is 0 Å². The van der Waals surface area contributed by atoms with Crippen molar-refractivity contribution in [1.29, 1.82) is 5.41 Å². The first-order chi connectivity index (χ1) is 13.4. The summed E-state index contributed by atoms with van der Waals surface area (Å²) in [5.41, 5.74) is 2.60. The lowest BCUT2D eigenvalue weighted by molar-refractivity contribution is -0.112. The van der Waals surface area contributed by atoms with Crippen LogP contribution in [0.5, 0.6) is 5.75 Å². The number of aliphatic hydroxyl groups is 1. The van der Waals surface area contributed by atoms with Crippen molar-refractivity contribution in [3.63, 3.8) is 0 Å². The number of nitrogens with zero attached hydrogens (tertiary/aromatic N) is 1. The smallest absolute Gasteiger partial charge is 0.260 e. The van der Waals surface area contributed by atoms with Gasteiger partial charge < -0.3 is 25.9 Å². The molecule has 7 nitrogen and oxygen atoms in total. The normalized spacial score (nSPS) is 25.4. The molecular formula is C21H24N4O3. The number of ether oxygens (including phenoxy) is 1. The molecular weight excluding hydrogens is 356 g/mol. The van der Waals surface area contributed by atoms with E-state index in [2.05, 4.69) is 15.6 Å². The van der Waals surface area contributed by atoms with Crippen LogP contribution in [0.4, 0.5) is 5.69 Å². The number of aliphatic hydroxyl groups excluding tert-OH is 1. The average Bonchev–Trinajstić information content (AvgIpc) is 3.38. The van der Waals surface area contributed by atoms with Crippen LogP contribution in [-0.2, 0) is 11.2 Å². The monoisotopic (exact) mass is 380 g/mol. The van der Waals surface area contributed by atoms with Gasteiger partial charge in [0.15, 0.2) is 0 Å². The number of hydrogen-bond acceptors (Lipinski definition) is 6. The zero-order valence-electron chi connectivity index (χ0n) is 16.0. The van der Waals surface area contributed by atoms with Crippen molar-refractivity contribution in [2.45, 2.75) is 38.2 Å². The Labute approximate surface area is 163 Å². The van der Waals surface area contributed by atoms with Crippen LogP contribution in [0.3, 0.4) is 0 Å². The molecule has 0 saturated heterocycles. The standard InChI is InChI=1S/C21H24N4O3/c1-21(2)9-12-7-17(15(8-18(12)28-21)14-6-13(14)11-26)25-20(27)16(10-22)19-23-4-3-5-24-19/h3-5,7-8,10,13-14,22-23,26H,6,9,11H2,1-2H3,(H,25,27)/b19-16-,22-10?/t13-,14+/m0/s1. The van der Waals surface area contributed by atoms with Crippen molar-refractivity contribution in [2.75, 3.05) is 11.9 Å². The van der Waals surface area contributed by atoms with Crippen LogP contribution in [0.1, 0.15) is 37.3 Å². The number of allylic oxidation sites excluding steroid dienone is 1. The fourth-order valence-corrected chi connectivity index (χ4v) is 3.81. The third-order valence-corrected chi connectivity index (χ3v) is 5.29. The molecule has 0 bridgehead atoms. The maximum Gasteiger partial charge on any atom is 0.260 e. The minimum Gasteiger partial charge on any atom is -0.487 e. The third-order valence-electron chi connectivity index (χ3n) is 5.29. The molecule has 0 aromatic heterocycles. The van der Waals surface area contributed by atoms with Crippen molar-refractivity contribution < 1.29 is 14.6 Å². The van der Waals surface area contributed by atoms with Crippen molar-refractivity contribution in [2.24, 2.45) is 10.9 Å². The molecule has 4 rings (SSSR count). The molecule has 1 aliphatic carbocycles. The van der Waals surface area contributed by atoms with E-state index in [-0.39, 0.29) is 29.6 Å². The number of rotatable bonds is 5. The molecule has 28 heavy (non-hydrogen) atoms. The van der Waals surface area contributed by atoms with Gasteiger partial charge in [0, 0.05) is 42.9 Å². The summed E-state index contributed by atoms with van der Waals surface area (Å²) in [5.74, 6) is 1.18. The van der Waals surface area contributed by atoms with Crippen LogP contribution in [0.25, 0.3) is 0 Å². The molecule has 1 aromatic carbocycles. The summed E-state index contributed by atoms with van der Waals surface area (Å²) < 4.78 is 6.05. The van der Waals surface area contributed by atoms with Gasteiger partial charge >= 0.3 is 0 Å². The predicted octanol–water partition coefficient (Wildman–Crippen LogP) is 2.48. The highest BCUT2D eigenvalue weighted by molar-refractivity contribution is 6.18. The van der Waals surface area contributed by atoms with Gasteiger partial charge in [-0.3, -0.25) is 4.79 Å². The number of benzene rings is 1. The predicted molar refractivity (Wildman–Crippen MR) is 108 cm³/mol. The van der Waals surface area contributed by atoms with Crippen molar-refractivity contribution in [1.82, 2.24) is 5.32 Å². The van der Waals surface area contributed by atoms with E-state index in [0.717, 1.165) is 35.9 Å². The fourth-order valence-electron chi connectivity index (χ4n) is 3.81. The van der Waals surface area contributed by atoms with Gasteiger partial charge in [-0.25, -0.2) is 4.99 Å². The Kier molecular flexibility index (Phi) is 4.55. The highest BCUT2D eigenvalue weighted by Crippen LogP contribution is 2.52. The molecule has 0 unspecified atom stereocenters. The summed E-state index contributed by atoms with van der Waals surface area (Å²) in [4.78, 5) is 17.0. The van der Waals surface area contributed by atoms with E-state index >= 15 is 0 Å². The van der Waals surface area contributed by atoms with E-state index in [1.807, 2.05) is 26.0 Å². The number of fused-ring (bicyclic) bond motifs is 1. The van der Waals surface area contributed by atoms with Gasteiger partial charge in [0.2, 0.25) is 0 Å². The van der Waals surface area contributed by atoms with E-state index in [0.29, 0.717) is 11.5 Å². The van der Waals surface area contributed by atoms with Crippen LogP contribution in [0.15, 0.2) is 40.8 Å². The SMILES string of the molecule is CC1(C)Cc2cc(NC(=O)/C(C=N)=C3\N=CC=CN3)c([C@@H]3C[C@H]3CO)cc2O1. The van der Waals surface area contributed by atoms with Crippen LogP contribution in [-0.4, -0.2) is 35.7 Å². The molecule has 1 aromatic rings. The molecule has 146 valence electrons. The van der Waals surface area contributed by atoms with Crippen molar-refractivity contribution >= 4 is 24.0 Å². The van der Waals surface area contributed by atoms with E-state index in [1.165, 1.54) is 0 Å². The molecule has 7 heteroatoms. The van der Waals surface area contributed by atoms with Gasteiger partial charge in [-0.05, 0) is 55.9 Å². The van der Waals surface area contributed by atoms with E-state index in [1.54, 1.807) is 18.5 Å². The zero-order valence-corrected chi connectivity index (χ0v) is 16.0. The summed E-state index contributed by atoms with van der Waals surface area (Å²) in [6, 6.07) is 3.96. The number of hydrogen-bond donors (Lipinski definition) is 4. The first kappa shape index (κ1) is 18.4. The van der Waals surface area contributed by atoms with Gasteiger partial charge in [-0.15, -0.1) is 0 Å². The second-order valence-electron chi connectivity index (χ2n) is 8.01. The Morgan fingerprint density at radius 2 is 2.32 bits per heavy atom. The van der Waals surface area contributed by atoms with E-state index < -0.39 is 5.91 Å². The molecule has 1 saturated carbocycles. The molecule has 0 spiro atoms. The average molecular weight is 380 g/mol. The molecule has 2 aliphatic heterocycles. The van der Waals surface area contributed by atoms with Gasteiger partial charge in [0.25, 0.3) is 5.91 Å². The van der Waals surface area contributed by atoms with Crippen molar-refractivity contribution in [3.8, 4) is 5.75 Å². The molecule has 1 fully saturated rings. The number of carbonyl (C=O) groups excluding carboxylic acids is 1. The second kappa shape index (κ2) is 6.91. The minimum atomic E-state index is -0.398. The number of amides is 1. The topological polar surface area (TPSA) is 107 Å². The lowest BCUT2D eigenvalue weighted by Gasteiger charge is -2.17. The molecule has 1 amide bonds. The maximum absolute atomic E-state index is 12.9. The second-order valence-corrected chi connectivity index (χ2v) is 8.01. The fraction of sp³-hybridized carbons (Fsp3) is 0.381. The largest absolute Gasteiger partial charge is 0.487 e. The Bertz CT molecular complexity index is 930. The molecule has 0 radical (unpaired) electrons. The number of anilines is 1. The Hall–Kier alpha value is -2.93. The first-order valence-electron chi connectivity index (χ1n) is 9.40. The molecule has 3 aliphatic rings. The Balaban J connectivity index is 1.67. The Morgan fingerprint density at radius 1 is 1.50 bits per heavy atom. The van der Waals surface area contributed by atoms with Crippen LogP contribution >= 0.6 is 0 Å². The summed E-state index contributed by atoms with van der Waals surface area (Å²) in [6.07, 6.45) is 7.59. The van der Waals surface area contributed by atoms with Crippen LogP contribution in [0, 0.1) is 11.3 Å².